The Hall–Kier alpha value is -1.55. The van der Waals surface area contributed by atoms with E-state index >= 15 is 0 Å². The number of hydrogen-bond acceptors (Lipinski definition) is 3. The van der Waals surface area contributed by atoms with Gasteiger partial charge in [-0.15, -0.1) is 0 Å². The average Bonchev–Trinajstić information content (AvgIpc) is 2.38. The van der Waals surface area contributed by atoms with Gasteiger partial charge in [0.2, 0.25) is 0 Å². The van der Waals surface area contributed by atoms with E-state index in [1.54, 1.807) is 0 Å². The molecule has 0 atom stereocenters. The largest absolute Gasteiger partial charge is 0.444 e. The molecule has 1 aliphatic heterocycles. The van der Waals surface area contributed by atoms with Crippen molar-refractivity contribution < 1.29 is 14.3 Å². The molecule has 1 aromatic carbocycles. The maximum Gasteiger partial charge on any atom is 0.410 e. The molecule has 4 heteroatoms. The fraction of sp³-hybridized carbons (Fsp3) is 0.632. The molecule has 1 aromatic rings. The Morgan fingerprint density at radius 1 is 1.22 bits per heavy atom. The Bertz CT molecular complexity index is 535. The zero-order valence-corrected chi connectivity index (χ0v) is 14.4. The van der Waals surface area contributed by atoms with Crippen LogP contribution in [0.4, 0.5) is 4.79 Å². The summed E-state index contributed by atoms with van der Waals surface area (Å²) in [5.41, 5.74) is 1.16. The average molecular weight is 317 g/mol. The van der Waals surface area contributed by atoms with Crippen LogP contribution in [-0.4, -0.2) is 36.3 Å². The van der Waals surface area contributed by atoms with Gasteiger partial charge in [-0.05, 0) is 45.1 Å². The van der Waals surface area contributed by atoms with Crippen LogP contribution in [0.25, 0.3) is 0 Å². The number of carbonyl (C=O) groups excluding carboxylic acids is 1. The van der Waals surface area contributed by atoms with Crippen LogP contribution < -0.4 is 0 Å². The van der Waals surface area contributed by atoms with Crippen LogP contribution in [0.15, 0.2) is 30.3 Å². The summed E-state index contributed by atoms with van der Waals surface area (Å²) in [7, 11) is 0. The number of ether oxygens (including phenoxy) is 2. The molecule has 2 aliphatic rings. The number of rotatable bonds is 4. The minimum Gasteiger partial charge on any atom is -0.444 e. The van der Waals surface area contributed by atoms with E-state index in [1.807, 2.05) is 43.9 Å². The number of benzene rings is 1. The molecule has 23 heavy (non-hydrogen) atoms. The van der Waals surface area contributed by atoms with E-state index in [0.29, 0.717) is 17.9 Å². The van der Waals surface area contributed by atoms with Gasteiger partial charge in [0.15, 0.2) is 0 Å². The third kappa shape index (κ3) is 4.05. The van der Waals surface area contributed by atoms with Crippen molar-refractivity contribution >= 4 is 6.09 Å². The van der Waals surface area contributed by atoms with E-state index in [0.717, 1.165) is 19.7 Å². The smallest absolute Gasteiger partial charge is 0.410 e. The van der Waals surface area contributed by atoms with Gasteiger partial charge in [-0.3, -0.25) is 0 Å². The van der Waals surface area contributed by atoms with Crippen molar-refractivity contribution in [2.24, 2.45) is 11.3 Å². The fourth-order valence-electron chi connectivity index (χ4n) is 3.68. The van der Waals surface area contributed by atoms with Crippen molar-refractivity contribution in [3.05, 3.63) is 35.9 Å². The highest BCUT2D eigenvalue weighted by molar-refractivity contribution is 5.69. The highest BCUT2D eigenvalue weighted by Gasteiger charge is 2.54. The number of nitrogens with zero attached hydrogens (tertiary/aromatic N) is 1. The predicted octanol–water partition coefficient (Wildman–Crippen LogP) is 3.85. The van der Waals surface area contributed by atoms with Crippen LogP contribution in [0.1, 0.15) is 39.2 Å². The molecule has 0 radical (unpaired) electrons. The first-order valence-electron chi connectivity index (χ1n) is 8.45. The van der Waals surface area contributed by atoms with Crippen molar-refractivity contribution in [3.63, 3.8) is 0 Å². The SMILES string of the molecule is CC(C)(C)OC(=O)N1CC2(CC(COCc3ccccc3)C2)C1. The van der Waals surface area contributed by atoms with Crippen LogP contribution in [0.3, 0.4) is 0 Å². The lowest BCUT2D eigenvalue weighted by Gasteiger charge is -2.58. The molecule has 3 rings (SSSR count). The number of likely N-dealkylation sites (tertiary alicyclic amines) is 1. The lowest BCUT2D eigenvalue weighted by atomic mass is 9.58. The Labute approximate surface area is 138 Å². The molecule has 1 aliphatic carbocycles. The first-order valence-corrected chi connectivity index (χ1v) is 8.45. The third-order valence-corrected chi connectivity index (χ3v) is 4.61. The van der Waals surface area contributed by atoms with Gasteiger partial charge in [-0.1, -0.05) is 30.3 Å². The Morgan fingerprint density at radius 3 is 2.48 bits per heavy atom. The summed E-state index contributed by atoms with van der Waals surface area (Å²) in [6, 6.07) is 10.3. The van der Waals surface area contributed by atoms with Gasteiger partial charge in [-0.2, -0.15) is 0 Å². The molecule has 126 valence electrons. The van der Waals surface area contributed by atoms with Crippen molar-refractivity contribution in [1.82, 2.24) is 4.90 Å². The van der Waals surface area contributed by atoms with E-state index < -0.39 is 5.60 Å². The number of amides is 1. The molecule has 1 saturated carbocycles. The zero-order chi connectivity index (χ0) is 16.5. The van der Waals surface area contributed by atoms with Gasteiger partial charge >= 0.3 is 6.09 Å². The molecule has 1 spiro atoms. The van der Waals surface area contributed by atoms with Crippen molar-refractivity contribution in [2.45, 2.75) is 45.8 Å². The summed E-state index contributed by atoms with van der Waals surface area (Å²) in [6.07, 6.45) is 2.16. The fourth-order valence-corrected chi connectivity index (χ4v) is 3.68. The quantitative estimate of drug-likeness (QED) is 0.846. The van der Waals surface area contributed by atoms with Crippen LogP contribution >= 0.6 is 0 Å². The van der Waals surface area contributed by atoms with Gasteiger partial charge < -0.3 is 14.4 Å². The molecule has 0 aromatic heterocycles. The van der Waals surface area contributed by atoms with Gasteiger partial charge in [0, 0.05) is 25.1 Å². The van der Waals surface area contributed by atoms with E-state index in [-0.39, 0.29) is 6.09 Å². The normalized spacial score (nSPS) is 20.0. The molecule has 0 bridgehead atoms. The second kappa shape index (κ2) is 6.16. The molecular weight excluding hydrogens is 290 g/mol. The maximum atomic E-state index is 12.0. The molecule has 1 saturated heterocycles. The first-order chi connectivity index (χ1) is 10.9. The minimum absolute atomic E-state index is 0.174. The maximum absolute atomic E-state index is 12.0. The second-order valence-corrected chi connectivity index (χ2v) is 8.11. The second-order valence-electron chi connectivity index (χ2n) is 8.11. The molecule has 0 unspecified atom stereocenters. The minimum atomic E-state index is -0.409. The Kier molecular flexibility index (Phi) is 4.37. The molecule has 0 N–H and O–H groups in total. The lowest BCUT2D eigenvalue weighted by molar-refractivity contribution is -0.112. The molecule has 4 nitrogen and oxygen atoms in total. The van der Waals surface area contributed by atoms with Gasteiger partial charge in [0.25, 0.3) is 0 Å². The van der Waals surface area contributed by atoms with Crippen LogP contribution in [0.2, 0.25) is 0 Å². The van der Waals surface area contributed by atoms with Gasteiger partial charge in [0.1, 0.15) is 5.60 Å². The Balaban J connectivity index is 1.32. The first kappa shape index (κ1) is 16.3. The monoisotopic (exact) mass is 317 g/mol. The molecule has 1 heterocycles. The van der Waals surface area contributed by atoms with E-state index in [4.69, 9.17) is 9.47 Å². The van der Waals surface area contributed by atoms with E-state index in [1.165, 1.54) is 18.4 Å². The molecule has 1 amide bonds. The lowest BCUT2D eigenvalue weighted by Crippen LogP contribution is -2.64. The Morgan fingerprint density at radius 2 is 1.87 bits per heavy atom. The van der Waals surface area contributed by atoms with Crippen molar-refractivity contribution in [3.8, 4) is 0 Å². The number of carbonyl (C=O) groups is 1. The summed E-state index contributed by atoms with van der Waals surface area (Å²) in [5.74, 6) is 0.638. The van der Waals surface area contributed by atoms with E-state index in [2.05, 4.69) is 12.1 Å². The summed E-state index contributed by atoms with van der Waals surface area (Å²) < 4.78 is 11.2. The summed E-state index contributed by atoms with van der Waals surface area (Å²) in [6.45, 7) is 8.92. The van der Waals surface area contributed by atoms with Crippen LogP contribution in [0.5, 0.6) is 0 Å². The molecular formula is C19H27NO3. The standard InChI is InChI=1S/C19H27NO3/c1-18(2,3)23-17(21)20-13-19(14-20)9-16(10-19)12-22-11-15-7-5-4-6-8-15/h4-8,16H,9-14H2,1-3H3. The molecule has 2 fully saturated rings. The van der Waals surface area contributed by atoms with Gasteiger partial charge in [-0.25, -0.2) is 4.79 Å². The third-order valence-electron chi connectivity index (χ3n) is 4.61. The summed E-state index contributed by atoms with van der Waals surface area (Å²) in [5, 5.41) is 0. The predicted molar refractivity (Wildman–Crippen MR) is 89.1 cm³/mol. The number of hydrogen-bond donors (Lipinski definition) is 0. The van der Waals surface area contributed by atoms with Crippen LogP contribution in [0, 0.1) is 11.3 Å². The van der Waals surface area contributed by atoms with Crippen molar-refractivity contribution in [2.75, 3.05) is 19.7 Å². The summed E-state index contributed by atoms with van der Waals surface area (Å²) in [4.78, 5) is 13.8. The van der Waals surface area contributed by atoms with E-state index in [9.17, 15) is 4.79 Å². The zero-order valence-electron chi connectivity index (χ0n) is 14.4. The van der Waals surface area contributed by atoms with Gasteiger partial charge in [0.05, 0.1) is 6.61 Å². The van der Waals surface area contributed by atoms with Crippen LogP contribution in [-0.2, 0) is 16.1 Å². The topological polar surface area (TPSA) is 38.8 Å². The highest BCUT2D eigenvalue weighted by atomic mass is 16.6. The summed E-state index contributed by atoms with van der Waals surface area (Å²) >= 11 is 0. The highest BCUT2D eigenvalue weighted by Crippen LogP contribution is 2.52. The van der Waals surface area contributed by atoms with Crippen molar-refractivity contribution in [1.29, 1.82) is 0 Å².